The van der Waals surface area contributed by atoms with Gasteiger partial charge in [0.1, 0.15) is 11.4 Å². The Morgan fingerprint density at radius 2 is 2.09 bits per heavy atom. The molecule has 11 heteroatoms. The van der Waals surface area contributed by atoms with Crippen molar-refractivity contribution in [1.82, 2.24) is 14.1 Å². The number of hydrogen-bond donors (Lipinski definition) is 1. The number of nitrogens with zero attached hydrogens (tertiary/aromatic N) is 3. The molecule has 1 saturated heterocycles. The van der Waals surface area contributed by atoms with Gasteiger partial charge in [0.25, 0.3) is 0 Å². The van der Waals surface area contributed by atoms with E-state index in [2.05, 4.69) is 5.10 Å². The van der Waals surface area contributed by atoms with Gasteiger partial charge in [-0.15, -0.1) is 12.4 Å². The van der Waals surface area contributed by atoms with Gasteiger partial charge in [0.2, 0.25) is 10.0 Å². The normalized spacial score (nSPS) is 23.5. The molecular formula is C11H18ClF3N4O2S. The van der Waals surface area contributed by atoms with E-state index in [1.54, 1.807) is 0 Å². The number of rotatable bonds is 4. The Hall–Kier alpha value is -0.840. The van der Waals surface area contributed by atoms with E-state index in [-0.39, 0.29) is 29.3 Å². The molecule has 128 valence electrons. The van der Waals surface area contributed by atoms with Crippen molar-refractivity contribution in [3.63, 3.8) is 0 Å². The van der Waals surface area contributed by atoms with Crippen molar-refractivity contribution in [3.8, 4) is 0 Å². The summed E-state index contributed by atoms with van der Waals surface area (Å²) < 4.78 is 63.3. The topological polar surface area (TPSA) is 81.2 Å². The summed E-state index contributed by atoms with van der Waals surface area (Å²) >= 11 is 0. The second-order valence-electron chi connectivity index (χ2n) is 5.59. The van der Waals surface area contributed by atoms with Crippen molar-refractivity contribution < 1.29 is 21.6 Å². The Morgan fingerprint density at radius 1 is 1.45 bits per heavy atom. The van der Waals surface area contributed by atoms with Crippen LogP contribution in [0.4, 0.5) is 13.2 Å². The zero-order valence-electron chi connectivity index (χ0n) is 11.9. The average Bonchev–Trinajstić information content (AvgIpc) is 2.95. The largest absolute Gasteiger partial charge is 0.408 e. The van der Waals surface area contributed by atoms with Gasteiger partial charge in [-0.3, -0.25) is 4.68 Å². The molecule has 2 N–H and O–H groups in total. The molecule has 1 fully saturated rings. The van der Waals surface area contributed by atoms with Gasteiger partial charge in [-0.25, -0.2) is 8.42 Å². The fourth-order valence-corrected chi connectivity index (χ4v) is 3.79. The van der Waals surface area contributed by atoms with Crippen LogP contribution >= 0.6 is 12.4 Å². The summed E-state index contributed by atoms with van der Waals surface area (Å²) in [6, 6.07) is 0. The summed E-state index contributed by atoms with van der Waals surface area (Å²) in [5.74, 6) is 0. The minimum Gasteiger partial charge on any atom is -0.330 e. The summed E-state index contributed by atoms with van der Waals surface area (Å²) in [4.78, 5) is -0.229. The summed E-state index contributed by atoms with van der Waals surface area (Å²) in [6.07, 6.45) is -1.97. The smallest absolute Gasteiger partial charge is 0.330 e. The monoisotopic (exact) mass is 362 g/mol. The highest BCUT2D eigenvalue weighted by Gasteiger charge is 2.39. The lowest BCUT2D eigenvalue weighted by molar-refractivity contribution is -0.142. The van der Waals surface area contributed by atoms with Crippen molar-refractivity contribution in [2.45, 2.75) is 31.0 Å². The summed E-state index contributed by atoms with van der Waals surface area (Å²) in [7, 11) is -3.83. The van der Waals surface area contributed by atoms with Crippen molar-refractivity contribution in [2.24, 2.45) is 11.1 Å². The van der Waals surface area contributed by atoms with E-state index in [0.29, 0.717) is 24.2 Å². The first-order chi connectivity index (χ1) is 9.56. The molecule has 0 aliphatic carbocycles. The van der Waals surface area contributed by atoms with Crippen LogP contribution in [-0.2, 0) is 16.6 Å². The first-order valence-corrected chi connectivity index (χ1v) is 7.79. The minimum atomic E-state index is -4.45. The molecule has 1 aromatic rings. The third-order valence-corrected chi connectivity index (χ3v) is 5.40. The van der Waals surface area contributed by atoms with E-state index in [9.17, 15) is 21.6 Å². The van der Waals surface area contributed by atoms with Crippen LogP contribution in [0.25, 0.3) is 0 Å². The van der Waals surface area contributed by atoms with Crippen LogP contribution in [0.3, 0.4) is 0 Å². The lowest BCUT2D eigenvalue weighted by Gasteiger charge is -2.21. The quantitative estimate of drug-likeness (QED) is 0.873. The molecule has 0 radical (unpaired) electrons. The molecule has 0 aromatic carbocycles. The van der Waals surface area contributed by atoms with Crippen LogP contribution in [0.1, 0.15) is 13.3 Å². The average molecular weight is 363 g/mol. The molecule has 0 amide bonds. The van der Waals surface area contributed by atoms with Crippen LogP contribution in [0, 0.1) is 5.41 Å². The minimum absolute atomic E-state index is 0. The van der Waals surface area contributed by atoms with E-state index in [0.717, 1.165) is 12.4 Å². The van der Waals surface area contributed by atoms with Crippen LogP contribution in [0.5, 0.6) is 0 Å². The maximum absolute atomic E-state index is 12.4. The Labute approximate surface area is 132 Å². The molecule has 0 bridgehead atoms. The van der Waals surface area contributed by atoms with Crippen LogP contribution in [0.15, 0.2) is 17.3 Å². The standard InChI is InChI=1S/C11H17F3N4O2S.ClH/c1-10(6-15)2-3-18(7-10)21(19,20)9-4-16-17(5-9)8-11(12,13)14;/h4-5H,2-3,6-8,15H2,1H3;1H. The van der Waals surface area contributed by atoms with Gasteiger partial charge in [0.15, 0.2) is 0 Å². The SMILES string of the molecule is CC1(CN)CCN(S(=O)(=O)c2cnn(CC(F)(F)F)c2)C1.Cl. The van der Waals surface area contributed by atoms with Gasteiger partial charge in [-0.2, -0.15) is 22.6 Å². The number of hydrogen-bond acceptors (Lipinski definition) is 4. The second-order valence-corrected chi connectivity index (χ2v) is 7.53. The van der Waals surface area contributed by atoms with Crippen molar-refractivity contribution in [2.75, 3.05) is 19.6 Å². The third-order valence-electron chi connectivity index (χ3n) is 3.60. The second kappa shape index (κ2) is 6.34. The molecule has 1 aliphatic heterocycles. The maximum atomic E-state index is 12.4. The molecule has 2 rings (SSSR count). The van der Waals surface area contributed by atoms with Gasteiger partial charge in [-0.1, -0.05) is 6.92 Å². The van der Waals surface area contributed by atoms with E-state index in [1.807, 2.05) is 6.92 Å². The zero-order valence-corrected chi connectivity index (χ0v) is 13.5. The highest BCUT2D eigenvalue weighted by Crippen LogP contribution is 2.32. The van der Waals surface area contributed by atoms with Gasteiger partial charge < -0.3 is 5.73 Å². The molecule has 1 aliphatic rings. The van der Waals surface area contributed by atoms with E-state index in [1.165, 1.54) is 4.31 Å². The predicted octanol–water partition coefficient (Wildman–Crippen LogP) is 1.23. The molecule has 22 heavy (non-hydrogen) atoms. The Bertz CT molecular complexity index is 619. The van der Waals surface area contributed by atoms with Crippen LogP contribution in [-0.4, -0.2) is 48.3 Å². The van der Waals surface area contributed by atoms with Crippen molar-refractivity contribution in [1.29, 1.82) is 0 Å². The van der Waals surface area contributed by atoms with E-state index in [4.69, 9.17) is 5.73 Å². The van der Waals surface area contributed by atoms with Crippen LogP contribution in [0.2, 0.25) is 0 Å². The highest BCUT2D eigenvalue weighted by atomic mass is 35.5. The highest BCUT2D eigenvalue weighted by molar-refractivity contribution is 7.89. The Kier molecular flexibility index (Phi) is 5.54. The first kappa shape index (κ1) is 19.2. The lowest BCUT2D eigenvalue weighted by atomic mass is 9.90. The summed E-state index contributed by atoms with van der Waals surface area (Å²) in [6.45, 7) is 1.49. The predicted molar refractivity (Wildman–Crippen MR) is 76.1 cm³/mol. The van der Waals surface area contributed by atoms with Gasteiger partial charge >= 0.3 is 6.18 Å². The van der Waals surface area contributed by atoms with Gasteiger partial charge in [0.05, 0.1) is 6.20 Å². The fraction of sp³-hybridized carbons (Fsp3) is 0.727. The molecule has 6 nitrogen and oxygen atoms in total. The first-order valence-electron chi connectivity index (χ1n) is 6.35. The summed E-state index contributed by atoms with van der Waals surface area (Å²) in [5, 5.41) is 3.46. The third kappa shape index (κ3) is 4.12. The molecular weight excluding hydrogens is 345 g/mol. The van der Waals surface area contributed by atoms with Crippen molar-refractivity contribution in [3.05, 3.63) is 12.4 Å². The fourth-order valence-electron chi connectivity index (χ4n) is 2.25. The van der Waals surface area contributed by atoms with E-state index < -0.39 is 22.7 Å². The summed E-state index contributed by atoms with van der Waals surface area (Å²) in [5.41, 5.74) is 5.33. The number of halogens is 4. The zero-order chi connectivity index (χ0) is 15.9. The number of nitrogens with two attached hydrogens (primary N) is 1. The molecule has 1 unspecified atom stereocenters. The van der Waals surface area contributed by atoms with Gasteiger partial charge in [-0.05, 0) is 18.4 Å². The Morgan fingerprint density at radius 3 is 2.59 bits per heavy atom. The molecule has 2 heterocycles. The molecule has 1 atom stereocenters. The van der Waals surface area contributed by atoms with Gasteiger partial charge in [0, 0.05) is 19.3 Å². The van der Waals surface area contributed by atoms with Crippen LogP contribution < -0.4 is 5.73 Å². The van der Waals surface area contributed by atoms with Crippen molar-refractivity contribution >= 4 is 22.4 Å². The number of aromatic nitrogens is 2. The maximum Gasteiger partial charge on any atom is 0.408 e. The van der Waals surface area contributed by atoms with E-state index >= 15 is 0 Å². The number of alkyl halides is 3. The molecule has 1 aromatic heterocycles. The Balaban J connectivity index is 0.00000242. The lowest BCUT2D eigenvalue weighted by Crippen LogP contribution is -2.34. The number of sulfonamides is 1. The molecule has 0 spiro atoms. The molecule has 0 saturated carbocycles.